The molecule has 0 aromatic heterocycles. The van der Waals surface area contributed by atoms with Gasteiger partial charge in [-0.15, -0.1) is 0 Å². The van der Waals surface area contributed by atoms with Gasteiger partial charge in [-0.05, 0) is 36.4 Å². The Morgan fingerprint density at radius 1 is 0.441 bits per heavy atom. The standard InChI is InChI=1S/C21H13F9N2O2/c22-19(23,24)16-10(31)4-1-6-12(16)33-14-8-3-9-15(18(14)21(28,29)30)34-13-7-2-5-11(32)17(13)20(25,26)27/h1-9H,31-32H2. The monoisotopic (exact) mass is 496 g/mol. The molecule has 3 rings (SSSR count). The van der Waals surface area contributed by atoms with Gasteiger partial charge >= 0.3 is 18.5 Å². The summed E-state index contributed by atoms with van der Waals surface area (Å²) in [6.07, 6.45) is -15.4. The molecule has 0 saturated carbocycles. The smallest absolute Gasteiger partial charge is 0.423 e. The quantitative estimate of drug-likeness (QED) is 0.290. The Morgan fingerprint density at radius 2 is 0.706 bits per heavy atom. The highest BCUT2D eigenvalue weighted by Crippen LogP contribution is 2.49. The topological polar surface area (TPSA) is 70.5 Å². The van der Waals surface area contributed by atoms with Crippen LogP contribution < -0.4 is 20.9 Å². The van der Waals surface area contributed by atoms with Crippen molar-refractivity contribution in [3.63, 3.8) is 0 Å². The third-order valence-electron chi connectivity index (χ3n) is 4.40. The van der Waals surface area contributed by atoms with Gasteiger partial charge in [0.1, 0.15) is 39.7 Å². The molecule has 0 spiro atoms. The van der Waals surface area contributed by atoms with Crippen molar-refractivity contribution in [1.29, 1.82) is 0 Å². The second kappa shape index (κ2) is 8.54. The SMILES string of the molecule is Nc1cccc(Oc2cccc(Oc3cccc(N)c3C(F)(F)F)c2C(F)(F)F)c1C(F)(F)F. The highest BCUT2D eigenvalue weighted by molar-refractivity contribution is 5.60. The molecule has 0 saturated heterocycles. The number of alkyl halides is 9. The predicted octanol–water partition coefficient (Wildman–Crippen LogP) is 7.49. The number of benzene rings is 3. The second-order valence-corrected chi connectivity index (χ2v) is 6.77. The van der Waals surface area contributed by atoms with Crippen molar-refractivity contribution < 1.29 is 49.0 Å². The lowest BCUT2D eigenvalue weighted by molar-refractivity contribution is -0.140. The van der Waals surface area contributed by atoms with Gasteiger partial charge in [-0.2, -0.15) is 39.5 Å². The molecule has 3 aromatic rings. The van der Waals surface area contributed by atoms with Crippen LogP contribution in [0.2, 0.25) is 0 Å². The molecule has 0 unspecified atom stereocenters. The average molecular weight is 496 g/mol. The van der Waals surface area contributed by atoms with Crippen LogP contribution in [0.15, 0.2) is 54.6 Å². The Morgan fingerprint density at radius 3 is 1.00 bits per heavy atom. The molecular formula is C21H13F9N2O2. The molecule has 0 heterocycles. The summed E-state index contributed by atoms with van der Waals surface area (Å²) in [6, 6.07) is 7.55. The number of hydrogen-bond donors (Lipinski definition) is 2. The van der Waals surface area contributed by atoms with Gasteiger partial charge in [0, 0.05) is 11.4 Å². The van der Waals surface area contributed by atoms with E-state index in [1.807, 2.05) is 0 Å². The number of nitrogens with two attached hydrogens (primary N) is 2. The van der Waals surface area contributed by atoms with Gasteiger partial charge in [0.25, 0.3) is 0 Å². The van der Waals surface area contributed by atoms with Gasteiger partial charge in [-0.1, -0.05) is 18.2 Å². The van der Waals surface area contributed by atoms with Gasteiger partial charge in [-0.25, -0.2) is 0 Å². The Kier molecular flexibility index (Phi) is 6.24. The molecule has 0 atom stereocenters. The van der Waals surface area contributed by atoms with Crippen molar-refractivity contribution in [1.82, 2.24) is 0 Å². The molecule has 34 heavy (non-hydrogen) atoms. The molecule has 0 aliphatic heterocycles. The molecule has 4 nitrogen and oxygen atoms in total. The number of nitrogen functional groups attached to an aromatic ring is 2. The van der Waals surface area contributed by atoms with Gasteiger partial charge in [-0.3, -0.25) is 0 Å². The van der Waals surface area contributed by atoms with Crippen molar-refractivity contribution in [3.05, 3.63) is 71.3 Å². The van der Waals surface area contributed by atoms with E-state index in [0.717, 1.165) is 42.5 Å². The van der Waals surface area contributed by atoms with Crippen LogP contribution in [0.1, 0.15) is 16.7 Å². The Hall–Kier alpha value is -3.77. The van der Waals surface area contributed by atoms with Crippen molar-refractivity contribution in [2.45, 2.75) is 18.5 Å². The Labute approximate surface area is 185 Å². The summed E-state index contributed by atoms with van der Waals surface area (Å²) < 4.78 is 132. The number of halogens is 9. The van der Waals surface area contributed by atoms with E-state index in [4.69, 9.17) is 20.9 Å². The number of rotatable bonds is 4. The molecule has 182 valence electrons. The first kappa shape index (κ1) is 24.9. The van der Waals surface area contributed by atoms with E-state index in [1.165, 1.54) is 0 Å². The number of hydrogen-bond acceptors (Lipinski definition) is 4. The lowest BCUT2D eigenvalue weighted by Crippen LogP contribution is -2.14. The summed E-state index contributed by atoms with van der Waals surface area (Å²) >= 11 is 0. The maximum absolute atomic E-state index is 13.9. The first-order valence-electron chi connectivity index (χ1n) is 9.08. The molecule has 0 fully saturated rings. The van der Waals surface area contributed by atoms with E-state index >= 15 is 0 Å². The first-order chi connectivity index (χ1) is 15.6. The highest BCUT2D eigenvalue weighted by Gasteiger charge is 2.42. The van der Waals surface area contributed by atoms with Crippen LogP contribution in [0.4, 0.5) is 50.9 Å². The zero-order valence-corrected chi connectivity index (χ0v) is 16.6. The van der Waals surface area contributed by atoms with E-state index in [1.54, 1.807) is 0 Å². The van der Waals surface area contributed by atoms with Gasteiger partial charge in [0.15, 0.2) is 0 Å². The van der Waals surface area contributed by atoms with Gasteiger partial charge in [0.2, 0.25) is 0 Å². The molecule has 3 aromatic carbocycles. The van der Waals surface area contributed by atoms with Gasteiger partial charge in [0.05, 0.1) is 0 Å². The lowest BCUT2D eigenvalue weighted by Gasteiger charge is -2.21. The summed E-state index contributed by atoms with van der Waals surface area (Å²) in [5, 5.41) is 0. The average Bonchev–Trinajstić information content (AvgIpc) is 2.65. The normalized spacial score (nSPS) is 12.5. The summed E-state index contributed by atoms with van der Waals surface area (Å²) in [7, 11) is 0. The third-order valence-corrected chi connectivity index (χ3v) is 4.40. The maximum atomic E-state index is 13.9. The fourth-order valence-corrected chi connectivity index (χ4v) is 3.07. The minimum absolute atomic E-state index is 0.684. The second-order valence-electron chi connectivity index (χ2n) is 6.77. The summed E-state index contributed by atoms with van der Waals surface area (Å²) in [6.45, 7) is 0. The summed E-state index contributed by atoms with van der Waals surface area (Å²) in [4.78, 5) is 0. The zero-order chi connectivity index (χ0) is 25.5. The van der Waals surface area contributed by atoms with Crippen LogP contribution in [-0.2, 0) is 18.5 Å². The largest absolute Gasteiger partial charge is 0.456 e. The van der Waals surface area contributed by atoms with Crippen LogP contribution in [-0.4, -0.2) is 0 Å². The lowest BCUT2D eigenvalue weighted by atomic mass is 10.1. The molecular weight excluding hydrogens is 483 g/mol. The van der Waals surface area contributed by atoms with Crippen LogP contribution in [0.3, 0.4) is 0 Å². The predicted molar refractivity (Wildman–Crippen MR) is 103 cm³/mol. The van der Waals surface area contributed by atoms with E-state index in [9.17, 15) is 39.5 Å². The molecule has 0 radical (unpaired) electrons. The van der Waals surface area contributed by atoms with E-state index < -0.39 is 69.6 Å². The summed E-state index contributed by atoms with van der Waals surface area (Å²) in [5.74, 6) is -4.40. The zero-order valence-electron chi connectivity index (χ0n) is 16.6. The number of ether oxygens (including phenoxy) is 2. The summed E-state index contributed by atoms with van der Waals surface area (Å²) in [5.41, 5.74) is 4.24. The van der Waals surface area contributed by atoms with Crippen LogP contribution in [0, 0.1) is 0 Å². The first-order valence-corrected chi connectivity index (χ1v) is 9.08. The molecule has 0 bridgehead atoms. The van der Waals surface area contributed by atoms with Crippen LogP contribution >= 0.6 is 0 Å². The fraction of sp³-hybridized carbons (Fsp3) is 0.143. The maximum Gasteiger partial charge on any atom is 0.423 e. The highest BCUT2D eigenvalue weighted by atomic mass is 19.4. The van der Waals surface area contributed by atoms with Gasteiger partial charge < -0.3 is 20.9 Å². The fourth-order valence-electron chi connectivity index (χ4n) is 3.07. The molecule has 0 aliphatic rings. The van der Waals surface area contributed by atoms with Crippen molar-refractivity contribution in [2.75, 3.05) is 11.5 Å². The van der Waals surface area contributed by atoms with E-state index in [2.05, 4.69) is 0 Å². The van der Waals surface area contributed by atoms with Crippen LogP contribution in [0.25, 0.3) is 0 Å². The molecule has 13 heteroatoms. The van der Waals surface area contributed by atoms with E-state index in [-0.39, 0.29) is 0 Å². The molecule has 0 amide bonds. The van der Waals surface area contributed by atoms with Crippen molar-refractivity contribution in [3.8, 4) is 23.0 Å². The third kappa shape index (κ3) is 5.07. The number of anilines is 2. The Balaban J connectivity index is 2.16. The van der Waals surface area contributed by atoms with Crippen LogP contribution in [0.5, 0.6) is 23.0 Å². The van der Waals surface area contributed by atoms with Crippen molar-refractivity contribution in [2.24, 2.45) is 0 Å². The molecule has 0 aliphatic carbocycles. The van der Waals surface area contributed by atoms with E-state index in [0.29, 0.717) is 12.1 Å². The minimum Gasteiger partial charge on any atom is -0.456 e. The Bertz CT molecular complexity index is 1120. The molecule has 4 N–H and O–H groups in total. The van der Waals surface area contributed by atoms with Crippen molar-refractivity contribution >= 4 is 11.4 Å². The minimum atomic E-state index is -5.30.